The molecule has 0 bridgehead atoms. The van der Waals surface area contributed by atoms with E-state index in [2.05, 4.69) is 25.7 Å². The molecule has 0 aliphatic carbocycles. The molecule has 2 aromatic heterocycles. The Balaban J connectivity index is 1.49. The largest absolute Gasteiger partial charge is 0.463 e. The summed E-state index contributed by atoms with van der Waals surface area (Å²) in [6, 6.07) is 14.1. The van der Waals surface area contributed by atoms with E-state index in [9.17, 15) is 14.0 Å². The van der Waals surface area contributed by atoms with Crippen molar-refractivity contribution in [2.45, 2.75) is 18.0 Å². The molecule has 9 nitrogen and oxygen atoms in total. The minimum Gasteiger partial charge on any atom is -0.463 e. The van der Waals surface area contributed by atoms with Crippen LogP contribution in [-0.2, 0) is 9.53 Å². The third-order valence-electron chi connectivity index (χ3n) is 5.54. The SMILES string of the molecule is CCOC(=O)C1=C(CSc2ncnc3c2cnn3-c2ccc(F)cc2)NC(=O)N[C@H]1c1ccccc1. The number of hydrogen-bond acceptors (Lipinski definition) is 7. The van der Waals surface area contributed by atoms with Crippen molar-refractivity contribution < 1.29 is 18.7 Å². The zero-order valence-corrected chi connectivity index (χ0v) is 20.0. The van der Waals surface area contributed by atoms with Gasteiger partial charge in [-0.2, -0.15) is 5.10 Å². The third-order valence-corrected chi connectivity index (χ3v) is 6.57. The number of benzene rings is 2. The van der Waals surface area contributed by atoms with Crippen LogP contribution in [0.15, 0.2) is 83.4 Å². The first-order chi connectivity index (χ1) is 17.5. The Hall–Kier alpha value is -4.25. The van der Waals surface area contributed by atoms with Crippen LogP contribution >= 0.6 is 11.8 Å². The molecule has 2 aromatic carbocycles. The summed E-state index contributed by atoms with van der Waals surface area (Å²) in [6.07, 6.45) is 3.05. The molecule has 0 radical (unpaired) electrons. The van der Waals surface area contributed by atoms with E-state index in [-0.39, 0.29) is 18.2 Å². The molecule has 0 saturated heterocycles. The van der Waals surface area contributed by atoms with Gasteiger partial charge in [0.2, 0.25) is 0 Å². The maximum absolute atomic E-state index is 13.4. The van der Waals surface area contributed by atoms with Gasteiger partial charge in [0.1, 0.15) is 17.2 Å². The summed E-state index contributed by atoms with van der Waals surface area (Å²) in [6.45, 7) is 1.93. The lowest BCUT2D eigenvalue weighted by molar-refractivity contribution is -0.139. The zero-order chi connectivity index (χ0) is 25.1. The predicted octanol–water partition coefficient (Wildman–Crippen LogP) is 3.92. The minimum atomic E-state index is -0.652. The Morgan fingerprint density at radius 2 is 1.92 bits per heavy atom. The molecule has 3 heterocycles. The summed E-state index contributed by atoms with van der Waals surface area (Å²) in [5, 5.41) is 11.3. The van der Waals surface area contributed by atoms with Gasteiger partial charge in [-0.05, 0) is 36.8 Å². The first-order valence-corrected chi connectivity index (χ1v) is 12.1. The van der Waals surface area contributed by atoms with E-state index < -0.39 is 18.0 Å². The molecule has 0 fully saturated rings. The van der Waals surface area contributed by atoms with E-state index in [1.807, 2.05) is 30.3 Å². The second-order valence-electron chi connectivity index (χ2n) is 7.79. The number of halogens is 1. The first-order valence-electron chi connectivity index (χ1n) is 11.1. The second kappa shape index (κ2) is 10.2. The van der Waals surface area contributed by atoms with Gasteiger partial charge in [-0.25, -0.2) is 28.6 Å². The Labute approximate surface area is 209 Å². The number of hydrogen-bond donors (Lipinski definition) is 2. The van der Waals surface area contributed by atoms with E-state index in [1.165, 1.54) is 30.2 Å². The van der Waals surface area contributed by atoms with Crippen LogP contribution in [-0.4, -0.2) is 44.1 Å². The number of nitrogens with one attached hydrogen (secondary N) is 2. The van der Waals surface area contributed by atoms with Crippen LogP contribution in [0.4, 0.5) is 9.18 Å². The number of carbonyl (C=O) groups is 2. The molecule has 1 aliphatic rings. The molecule has 11 heteroatoms. The van der Waals surface area contributed by atoms with Crippen LogP contribution in [0.5, 0.6) is 0 Å². The molecule has 0 spiro atoms. The molecule has 4 aromatic rings. The Kier molecular flexibility index (Phi) is 6.63. The van der Waals surface area contributed by atoms with Crippen molar-refractivity contribution in [2.24, 2.45) is 0 Å². The van der Waals surface area contributed by atoms with Crippen LogP contribution in [0, 0.1) is 5.82 Å². The number of ether oxygens (including phenoxy) is 1. The summed E-state index contributed by atoms with van der Waals surface area (Å²) in [4.78, 5) is 34.2. The number of nitrogens with zero attached hydrogens (tertiary/aromatic N) is 4. The Morgan fingerprint density at radius 3 is 2.67 bits per heavy atom. The zero-order valence-electron chi connectivity index (χ0n) is 19.1. The number of thioether (sulfide) groups is 1. The first kappa shape index (κ1) is 23.5. The summed E-state index contributed by atoms with van der Waals surface area (Å²) >= 11 is 1.33. The summed E-state index contributed by atoms with van der Waals surface area (Å²) < 4.78 is 20.3. The van der Waals surface area contributed by atoms with Crippen molar-refractivity contribution >= 4 is 34.8 Å². The fourth-order valence-corrected chi connectivity index (χ4v) is 4.86. The lowest BCUT2D eigenvalue weighted by Gasteiger charge is -2.29. The predicted molar refractivity (Wildman–Crippen MR) is 132 cm³/mol. The van der Waals surface area contributed by atoms with Gasteiger partial charge in [-0.3, -0.25) is 0 Å². The molecule has 1 atom stereocenters. The standard InChI is InChI=1S/C25H21FN6O3S/c1-2-35-24(33)20-19(30-25(34)31-21(20)15-6-4-3-5-7-15)13-36-23-18-12-29-32(22(18)27-14-28-23)17-10-8-16(26)9-11-17/h3-12,14,21H,2,13H2,1H3,(H2,30,31,34)/t21-/m0/s1. The van der Waals surface area contributed by atoms with Gasteiger partial charge >= 0.3 is 12.0 Å². The van der Waals surface area contributed by atoms with Crippen molar-refractivity contribution in [3.63, 3.8) is 0 Å². The number of aromatic nitrogens is 4. The normalized spacial score (nSPS) is 15.5. The molecule has 0 saturated carbocycles. The van der Waals surface area contributed by atoms with Crippen molar-refractivity contribution in [3.05, 3.63) is 89.8 Å². The molecule has 0 unspecified atom stereocenters. The van der Waals surface area contributed by atoms with Crippen molar-refractivity contribution in [3.8, 4) is 5.69 Å². The molecular formula is C25H21FN6O3S. The monoisotopic (exact) mass is 504 g/mol. The number of esters is 1. The molecule has 2 N–H and O–H groups in total. The maximum Gasteiger partial charge on any atom is 0.338 e. The van der Waals surface area contributed by atoms with E-state index in [1.54, 1.807) is 29.9 Å². The lowest BCUT2D eigenvalue weighted by atomic mass is 9.95. The number of amides is 2. The highest BCUT2D eigenvalue weighted by atomic mass is 32.2. The lowest BCUT2D eigenvalue weighted by Crippen LogP contribution is -2.46. The van der Waals surface area contributed by atoms with Crippen molar-refractivity contribution in [2.75, 3.05) is 12.4 Å². The van der Waals surface area contributed by atoms with Crippen molar-refractivity contribution in [1.82, 2.24) is 30.4 Å². The topological polar surface area (TPSA) is 111 Å². The fraction of sp³-hybridized carbons (Fsp3) is 0.160. The highest BCUT2D eigenvalue weighted by Crippen LogP contribution is 2.32. The molecule has 36 heavy (non-hydrogen) atoms. The third kappa shape index (κ3) is 4.65. The van der Waals surface area contributed by atoms with Gasteiger partial charge < -0.3 is 15.4 Å². The number of carbonyl (C=O) groups excluding carboxylic acids is 2. The van der Waals surface area contributed by atoms with E-state index in [0.29, 0.717) is 33.0 Å². The number of fused-ring (bicyclic) bond motifs is 1. The minimum absolute atomic E-state index is 0.202. The molecular weight excluding hydrogens is 483 g/mol. The maximum atomic E-state index is 13.4. The average Bonchev–Trinajstić information content (AvgIpc) is 3.33. The van der Waals surface area contributed by atoms with E-state index in [4.69, 9.17) is 4.74 Å². The molecule has 182 valence electrons. The van der Waals surface area contributed by atoms with Gasteiger partial charge in [0.15, 0.2) is 5.65 Å². The van der Waals surface area contributed by atoms with Gasteiger partial charge in [-0.15, -0.1) is 0 Å². The summed E-state index contributed by atoms with van der Waals surface area (Å²) in [5.41, 5.74) is 2.75. The highest BCUT2D eigenvalue weighted by Gasteiger charge is 2.33. The van der Waals surface area contributed by atoms with E-state index >= 15 is 0 Å². The molecule has 2 amide bonds. The van der Waals surface area contributed by atoms with Crippen LogP contribution in [0.25, 0.3) is 16.7 Å². The fourth-order valence-electron chi connectivity index (χ4n) is 3.93. The van der Waals surface area contributed by atoms with Gasteiger partial charge in [0.25, 0.3) is 0 Å². The van der Waals surface area contributed by atoms with Gasteiger partial charge in [-0.1, -0.05) is 42.1 Å². The van der Waals surface area contributed by atoms with Crippen LogP contribution < -0.4 is 10.6 Å². The quantitative estimate of drug-likeness (QED) is 0.223. The summed E-state index contributed by atoms with van der Waals surface area (Å²) in [7, 11) is 0. The average molecular weight is 505 g/mol. The van der Waals surface area contributed by atoms with Gasteiger partial charge in [0.05, 0.1) is 35.5 Å². The van der Waals surface area contributed by atoms with Crippen molar-refractivity contribution in [1.29, 1.82) is 0 Å². The van der Waals surface area contributed by atoms with E-state index in [0.717, 1.165) is 5.56 Å². The number of urea groups is 1. The Bertz CT molecular complexity index is 1460. The van der Waals surface area contributed by atoms with Crippen LogP contribution in [0.1, 0.15) is 18.5 Å². The molecule has 1 aliphatic heterocycles. The summed E-state index contributed by atoms with van der Waals surface area (Å²) in [5.74, 6) is -0.602. The number of rotatable bonds is 7. The smallest absolute Gasteiger partial charge is 0.338 e. The van der Waals surface area contributed by atoms with Crippen LogP contribution in [0.3, 0.4) is 0 Å². The highest BCUT2D eigenvalue weighted by molar-refractivity contribution is 7.99. The second-order valence-corrected chi connectivity index (χ2v) is 8.76. The van der Waals surface area contributed by atoms with Gasteiger partial charge in [0, 0.05) is 11.4 Å². The Morgan fingerprint density at radius 1 is 1.14 bits per heavy atom. The van der Waals surface area contributed by atoms with Crippen LogP contribution in [0.2, 0.25) is 0 Å². The molecule has 5 rings (SSSR count).